The maximum atomic E-state index is 12.1. The second kappa shape index (κ2) is 11.3. The van der Waals surface area contributed by atoms with Gasteiger partial charge in [-0.25, -0.2) is 14.5 Å². The number of hydrogen-bond donors (Lipinski definition) is 2. The van der Waals surface area contributed by atoms with E-state index in [2.05, 4.69) is 38.9 Å². The Kier molecular flexibility index (Phi) is 8.34. The second-order valence-electron chi connectivity index (χ2n) is 10.2. The number of nitrogens with one attached hydrogen (secondary N) is 2. The second-order valence-corrected chi connectivity index (χ2v) is 12.6. The smallest absolute Gasteiger partial charge is 0.422 e. The van der Waals surface area contributed by atoms with Gasteiger partial charge in [0.25, 0.3) is 5.19 Å². The Morgan fingerprint density at radius 1 is 1.19 bits per heavy atom. The predicted molar refractivity (Wildman–Crippen MR) is 140 cm³/mol. The highest BCUT2D eigenvalue weighted by atomic mass is 32.2. The van der Waals surface area contributed by atoms with Crippen LogP contribution in [0.3, 0.4) is 0 Å². The van der Waals surface area contributed by atoms with Gasteiger partial charge < -0.3 is 9.47 Å². The van der Waals surface area contributed by atoms with E-state index in [0.29, 0.717) is 5.19 Å². The Morgan fingerprint density at radius 2 is 1.92 bits per heavy atom. The molecule has 0 unspecified atom stereocenters. The molecule has 4 rings (SSSR count). The monoisotopic (exact) mass is 534 g/mol. The van der Waals surface area contributed by atoms with Crippen LogP contribution < -0.4 is 14.2 Å². The number of amides is 1. The largest absolute Gasteiger partial charge is 0.443 e. The minimum atomic E-state index is -3.95. The number of thiazole rings is 1. The Labute approximate surface area is 217 Å². The zero-order valence-corrected chi connectivity index (χ0v) is 22.6. The summed E-state index contributed by atoms with van der Waals surface area (Å²) in [5.41, 5.74) is 1.55. The SMILES string of the molecule is CC(C)(C)OC(=O)NS(=O)(=O)NCC1CCN(Cc2ccc(Oc3nc4c(s3)C=CCC4)cc2)CC1. The zero-order chi connectivity index (χ0) is 25.8. The Bertz CT molecular complexity index is 1180. The number of fused-ring (bicyclic) bond motifs is 1. The molecule has 2 N–H and O–H groups in total. The van der Waals surface area contributed by atoms with Crippen LogP contribution in [0.15, 0.2) is 30.3 Å². The molecule has 36 heavy (non-hydrogen) atoms. The van der Waals surface area contributed by atoms with Crippen molar-refractivity contribution < 1.29 is 22.7 Å². The van der Waals surface area contributed by atoms with E-state index in [1.54, 1.807) is 32.1 Å². The minimum absolute atomic E-state index is 0.214. The van der Waals surface area contributed by atoms with Crippen LogP contribution in [-0.4, -0.2) is 49.6 Å². The molecule has 0 saturated carbocycles. The number of likely N-dealkylation sites (tertiary alicyclic amines) is 1. The van der Waals surface area contributed by atoms with Crippen molar-refractivity contribution in [2.45, 2.75) is 58.6 Å². The van der Waals surface area contributed by atoms with Crippen LogP contribution in [0.1, 0.15) is 56.2 Å². The number of aromatic nitrogens is 1. The van der Waals surface area contributed by atoms with E-state index in [-0.39, 0.29) is 12.5 Å². The molecule has 2 aromatic rings. The molecule has 0 spiro atoms. The third kappa shape index (κ3) is 8.02. The number of carbonyl (C=O) groups excluding carboxylic acids is 1. The summed E-state index contributed by atoms with van der Waals surface area (Å²) < 4.78 is 39.6. The average Bonchev–Trinajstić information content (AvgIpc) is 3.21. The highest BCUT2D eigenvalue weighted by Crippen LogP contribution is 2.33. The van der Waals surface area contributed by atoms with Gasteiger partial charge in [0.15, 0.2) is 0 Å². The van der Waals surface area contributed by atoms with Crippen molar-refractivity contribution in [2.24, 2.45) is 5.92 Å². The standard InChI is InChI=1S/C25H34N4O5S2/c1-25(2,3)34-23(30)28-36(31,32)26-16-18-12-14-29(15-13-18)17-19-8-10-20(11-9-19)33-24-27-21-6-4-5-7-22(21)35-24/h5,7-11,18,26H,4,6,12-17H2,1-3H3,(H,28,30). The number of aryl methyl sites for hydroxylation is 1. The summed E-state index contributed by atoms with van der Waals surface area (Å²) in [6.45, 7) is 7.89. The predicted octanol–water partition coefficient (Wildman–Crippen LogP) is 4.47. The highest BCUT2D eigenvalue weighted by molar-refractivity contribution is 7.88. The molecule has 2 aliphatic rings. The van der Waals surface area contributed by atoms with Gasteiger partial charge in [-0.15, -0.1) is 0 Å². The summed E-state index contributed by atoms with van der Waals surface area (Å²) in [7, 11) is -3.95. The molecule has 9 nitrogen and oxygen atoms in total. The van der Waals surface area contributed by atoms with Gasteiger partial charge in [0, 0.05) is 13.1 Å². The molecule has 2 heterocycles. The first-order chi connectivity index (χ1) is 17.0. The summed E-state index contributed by atoms with van der Waals surface area (Å²) >= 11 is 1.58. The summed E-state index contributed by atoms with van der Waals surface area (Å²) in [6, 6.07) is 8.10. The number of allylic oxidation sites excluding steroid dienone is 1. The van der Waals surface area contributed by atoms with E-state index >= 15 is 0 Å². The quantitative estimate of drug-likeness (QED) is 0.514. The average molecular weight is 535 g/mol. The maximum absolute atomic E-state index is 12.1. The molecule has 1 aliphatic heterocycles. The van der Waals surface area contributed by atoms with Crippen molar-refractivity contribution in [1.29, 1.82) is 0 Å². The topological polar surface area (TPSA) is 110 Å². The van der Waals surface area contributed by atoms with E-state index in [1.165, 1.54) is 10.4 Å². The summed E-state index contributed by atoms with van der Waals surface area (Å²) in [4.78, 5) is 19.9. The normalized spacial score (nSPS) is 17.0. The lowest BCUT2D eigenvalue weighted by Crippen LogP contribution is -2.45. The van der Waals surface area contributed by atoms with Crippen molar-refractivity contribution in [3.63, 3.8) is 0 Å². The molecule has 1 aromatic heterocycles. The van der Waals surface area contributed by atoms with Gasteiger partial charge in [0.05, 0.1) is 10.6 Å². The third-order valence-corrected chi connectivity index (χ3v) is 7.87. The van der Waals surface area contributed by atoms with Crippen molar-refractivity contribution in [3.8, 4) is 10.9 Å². The van der Waals surface area contributed by atoms with E-state index in [4.69, 9.17) is 9.47 Å². The number of piperidine rings is 1. The molecule has 0 bridgehead atoms. The third-order valence-electron chi connectivity index (χ3n) is 5.95. The molecule has 1 fully saturated rings. The van der Waals surface area contributed by atoms with Gasteiger partial charge in [0.2, 0.25) is 0 Å². The van der Waals surface area contributed by atoms with Gasteiger partial charge in [-0.2, -0.15) is 13.1 Å². The van der Waals surface area contributed by atoms with Crippen molar-refractivity contribution in [2.75, 3.05) is 19.6 Å². The molecular weight excluding hydrogens is 500 g/mol. The van der Waals surface area contributed by atoms with Gasteiger partial charge in [-0.3, -0.25) is 4.90 Å². The van der Waals surface area contributed by atoms with Crippen molar-refractivity contribution in [1.82, 2.24) is 19.3 Å². The van der Waals surface area contributed by atoms with E-state index in [1.807, 2.05) is 16.9 Å². The molecule has 0 atom stereocenters. The first-order valence-corrected chi connectivity index (χ1v) is 14.5. The molecule has 1 saturated heterocycles. The fourth-order valence-corrected chi connectivity index (χ4v) is 5.85. The first kappa shape index (κ1) is 26.6. The number of nitrogens with zero attached hydrogens (tertiary/aromatic N) is 2. The molecule has 1 amide bonds. The summed E-state index contributed by atoms with van der Waals surface area (Å²) in [5.74, 6) is 0.992. The Hall–Kier alpha value is -2.47. The van der Waals surface area contributed by atoms with Crippen molar-refractivity contribution in [3.05, 3.63) is 46.5 Å². The fraction of sp³-hybridized carbons (Fsp3) is 0.520. The van der Waals surface area contributed by atoms with Gasteiger partial charge in [-0.05, 0) is 89.2 Å². The van der Waals surface area contributed by atoms with Crippen molar-refractivity contribution >= 4 is 33.7 Å². The van der Waals surface area contributed by atoms with Crippen LogP contribution >= 0.6 is 11.3 Å². The summed E-state index contributed by atoms with van der Waals surface area (Å²) in [6.07, 6.45) is 7.05. The molecule has 1 aliphatic carbocycles. The van der Waals surface area contributed by atoms with Gasteiger partial charge in [0.1, 0.15) is 11.4 Å². The van der Waals surface area contributed by atoms with Crippen LogP contribution in [0, 0.1) is 5.92 Å². The van der Waals surface area contributed by atoms with Gasteiger partial charge >= 0.3 is 16.3 Å². The highest BCUT2D eigenvalue weighted by Gasteiger charge is 2.24. The molecule has 196 valence electrons. The van der Waals surface area contributed by atoms with E-state index in [9.17, 15) is 13.2 Å². The Morgan fingerprint density at radius 3 is 2.58 bits per heavy atom. The molecule has 11 heteroatoms. The van der Waals surface area contributed by atoms with Gasteiger partial charge in [-0.1, -0.05) is 29.5 Å². The molecular formula is C25H34N4O5S2. The fourth-order valence-electron chi connectivity index (χ4n) is 4.15. The van der Waals surface area contributed by atoms with Crippen LogP contribution in [0.4, 0.5) is 4.79 Å². The first-order valence-electron chi connectivity index (χ1n) is 12.2. The maximum Gasteiger partial charge on any atom is 0.422 e. The lowest BCUT2D eigenvalue weighted by molar-refractivity contribution is 0.0569. The molecule has 0 radical (unpaired) electrons. The lowest BCUT2D eigenvalue weighted by Gasteiger charge is -2.32. The number of benzene rings is 1. The number of ether oxygens (including phenoxy) is 2. The lowest BCUT2D eigenvalue weighted by atomic mass is 9.97. The Balaban J connectivity index is 1.18. The van der Waals surface area contributed by atoms with Crippen LogP contribution in [-0.2, 0) is 27.9 Å². The van der Waals surface area contributed by atoms with Crippen LogP contribution in [0.25, 0.3) is 6.08 Å². The molecule has 1 aromatic carbocycles. The minimum Gasteiger partial charge on any atom is -0.443 e. The van der Waals surface area contributed by atoms with E-state index < -0.39 is 21.9 Å². The van der Waals surface area contributed by atoms with Crippen LogP contribution in [0.2, 0.25) is 0 Å². The number of carbonyl (C=O) groups is 1. The van der Waals surface area contributed by atoms with E-state index in [0.717, 1.165) is 56.8 Å². The zero-order valence-electron chi connectivity index (χ0n) is 21.0. The number of rotatable bonds is 8. The number of hydrogen-bond acceptors (Lipinski definition) is 8. The van der Waals surface area contributed by atoms with Crippen LogP contribution in [0.5, 0.6) is 10.9 Å². The summed E-state index contributed by atoms with van der Waals surface area (Å²) in [5, 5.41) is 0.679.